The summed E-state index contributed by atoms with van der Waals surface area (Å²) in [5, 5.41) is 6.13. The summed E-state index contributed by atoms with van der Waals surface area (Å²) < 4.78 is 0. The molecule has 1 aromatic rings. The second-order valence-corrected chi connectivity index (χ2v) is 4.31. The lowest BCUT2D eigenvalue weighted by Gasteiger charge is -2.24. The van der Waals surface area contributed by atoms with Crippen LogP contribution in [0.1, 0.15) is 24.2 Å². The average Bonchev–Trinajstić information content (AvgIpc) is 2.28. The fourth-order valence-electron chi connectivity index (χ4n) is 1.84. The summed E-state index contributed by atoms with van der Waals surface area (Å²) in [7, 11) is 0. The van der Waals surface area contributed by atoms with Crippen LogP contribution in [0.15, 0.2) is 0 Å². The zero-order valence-corrected chi connectivity index (χ0v) is 10.1. The molecule has 0 aliphatic carbocycles. The van der Waals surface area contributed by atoms with Gasteiger partial charge in [0.05, 0.1) is 0 Å². The Morgan fingerprint density at radius 2 is 2.18 bits per heavy atom. The van der Waals surface area contributed by atoms with Crippen molar-refractivity contribution in [2.45, 2.75) is 32.7 Å². The third-order valence-electron chi connectivity index (χ3n) is 2.90. The van der Waals surface area contributed by atoms with E-state index in [2.05, 4.69) is 20.6 Å². The van der Waals surface area contributed by atoms with E-state index in [-0.39, 0.29) is 11.9 Å². The number of hydrogen-bond acceptors (Lipinski definition) is 5. The number of aryl methyl sites for hydroxylation is 1. The zero-order valence-electron chi connectivity index (χ0n) is 10.1. The van der Waals surface area contributed by atoms with Crippen molar-refractivity contribution in [1.29, 1.82) is 0 Å². The van der Waals surface area contributed by atoms with Gasteiger partial charge in [0.2, 0.25) is 5.91 Å². The molecule has 1 unspecified atom stereocenters. The van der Waals surface area contributed by atoms with E-state index in [0.717, 1.165) is 17.8 Å². The quantitative estimate of drug-likeness (QED) is 0.688. The average molecular weight is 235 g/mol. The number of nitrogens with one attached hydrogen (secondary N) is 2. The molecule has 6 nitrogen and oxygen atoms in total. The lowest BCUT2D eigenvalue weighted by atomic mass is 10.1. The number of carbonyl (C=O) groups excluding carboxylic acids is 1. The Morgan fingerprint density at radius 1 is 1.41 bits per heavy atom. The van der Waals surface area contributed by atoms with Crippen LogP contribution in [0.5, 0.6) is 0 Å². The number of nitrogens with two attached hydrogens (primary N) is 1. The standard InChI is InChI=1S/C11H17N5O/c1-6-10(12)14-7(2)15-11(6)16-8-3-4-9(17)13-5-8/h8H,3-5H2,1-2H3,(H,13,17)(H3,12,14,15,16). The first-order valence-electron chi connectivity index (χ1n) is 5.70. The van der Waals surface area contributed by atoms with Crippen molar-refractivity contribution in [3.63, 3.8) is 0 Å². The SMILES string of the molecule is Cc1nc(N)c(C)c(NC2CCC(=O)NC2)n1. The molecule has 1 aliphatic heterocycles. The molecule has 0 radical (unpaired) electrons. The highest BCUT2D eigenvalue weighted by Gasteiger charge is 2.19. The number of anilines is 2. The molecule has 1 atom stereocenters. The van der Waals surface area contributed by atoms with Crippen LogP contribution in [0, 0.1) is 13.8 Å². The summed E-state index contributed by atoms with van der Waals surface area (Å²) in [5.41, 5.74) is 6.64. The van der Waals surface area contributed by atoms with E-state index < -0.39 is 0 Å². The second-order valence-electron chi connectivity index (χ2n) is 4.31. The van der Waals surface area contributed by atoms with Crippen molar-refractivity contribution in [1.82, 2.24) is 15.3 Å². The molecule has 92 valence electrons. The van der Waals surface area contributed by atoms with Crippen molar-refractivity contribution in [3.8, 4) is 0 Å². The summed E-state index contributed by atoms with van der Waals surface area (Å²) in [6, 6.07) is 0.208. The fraction of sp³-hybridized carbons (Fsp3) is 0.545. The van der Waals surface area contributed by atoms with Crippen LogP contribution in [0.2, 0.25) is 0 Å². The van der Waals surface area contributed by atoms with Gasteiger partial charge in [-0.3, -0.25) is 4.79 Å². The largest absolute Gasteiger partial charge is 0.383 e. The molecule has 1 amide bonds. The zero-order chi connectivity index (χ0) is 12.4. The maximum Gasteiger partial charge on any atom is 0.220 e. The summed E-state index contributed by atoms with van der Waals surface area (Å²) in [5.74, 6) is 2.02. The minimum absolute atomic E-state index is 0.109. The molecule has 2 rings (SSSR count). The Hall–Kier alpha value is -1.85. The number of rotatable bonds is 2. The van der Waals surface area contributed by atoms with Gasteiger partial charge in [0, 0.05) is 24.6 Å². The fourth-order valence-corrected chi connectivity index (χ4v) is 1.84. The third-order valence-corrected chi connectivity index (χ3v) is 2.90. The first-order chi connectivity index (χ1) is 8.06. The van der Waals surface area contributed by atoms with E-state index in [4.69, 9.17) is 5.73 Å². The predicted molar refractivity (Wildman–Crippen MR) is 65.6 cm³/mol. The van der Waals surface area contributed by atoms with E-state index in [0.29, 0.717) is 24.6 Å². The molecule has 0 bridgehead atoms. The molecular weight excluding hydrogens is 218 g/mol. The van der Waals surface area contributed by atoms with Gasteiger partial charge in [-0.25, -0.2) is 9.97 Å². The molecule has 0 aromatic carbocycles. The monoisotopic (exact) mass is 235 g/mol. The number of piperidine rings is 1. The van der Waals surface area contributed by atoms with E-state index in [1.807, 2.05) is 13.8 Å². The molecule has 17 heavy (non-hydrogen) atoms. The van der Waals surface area contributed by atoms with Crippen LogP contribution in [0.3, 0.4) is 0 Å². The first-order valence-corrected chi connectivity index (χ1v) is 5.70. The van der Waals surface area contributed by atoms with Gasteiger partial charge in [0.15, 0.2) is 0 Å². The van der Waals surface area contributed by atoms with E-state index in [1.165, 1.54) is 0 Å². The van der Waals surface area contributed by atoms with E-state index in [9.17, 15) is 4.79 Å². The van der Waals surface area contributed by atoms with Crippen LogP contribution in [0.25, 0.3) is 0 Å². The Labute approximate surface area is 100 Å². The lowest BCUT2D eigenvalue weighted by Crippen LogP contribution is -2.42. The minimum atomic E-state index is 0.109. The Bertz CT molecular complexity index is 436. The van der Waals surface area contributed by atoms with Crippen LogP contribution in [-0.4, -0.2) is 28.5 Å². The van der Waals surface area contributed by atoms with E-state index in [1.54, 1.807) is 0 Å². The molecule has 1 aromatic heterocycles. The van der Waals surface area contributed by atoms with Gasteiger partial charge in [-0.15, -0.1) is 0 Å². The molecule has 0 spiro atoms. The Kier molecular flexibility index (Phi) is 3.12. The van der Waals surface area contributed by atoms with Crippen LogP contribution in [0.4, 0.5) is 11.6 Å². The number of nitrogens with zero attached hydrogens (tertiary/aromatic N) is 2. The molecule has 1 saturated heterocycles. The Balaban J connectivity index is 2.10. The van der Waals surface area contributed by atoms with Gasteiger partial charge in [0.1, 0.15) is 17.5 Å². The number of nitrogen functional groups attached to an aromatic ring is 1. The second kappa shape index (κ2) is 4.57. The number of aromatic nitrogens is 2. The van der Waals surface area contributed by atoms with Crippen LogP contribution >= 0.6 is 0 Å². The highest BCUT2D eigenvalue weighted by Crippen LogP contribution is 2.19. The topological polar surface area (TPSA) is 92.9 Å². The van der Waals surface area contributed by atoms with Gasteiger partial charge >= 0.3 is 0 Å². The highest BCUT2D eigenvalue weighted by molar-refractivity contribution is 5.77. The smallest absolute Gasteiger partial charge is 0.220 e. The van der Waals surface area contributed by atoms with Crippen LogP contribution in [-0.2, 0) is 4.79 Å². The molecule has 1 aliphatic rings. The van der Waals surface area contributed by atoms with Gasteiger partial charge in [0.25, 0.3) is 0 Å². The van der Waals surface area contributed by atoms with Gasteiger partial charge in [-0.1, -0.05) is 0 Å². The van der Waals surface area contributed by atoms with Crippen molar-refractivity contribution < 1.29 is 4.79 Å². The Morgan fingerprint density at radius 3 is 2.82 bits per heavy atom. The van der Waals surface area contributed by atoms with Gasteiger partial charge in [-0.2, -0.15) is 0 Å². The number of hydrogen-bond donors (Lipinski definition) is 3. The van der Waals surface area contributed by atoms with Crippen molar-refractivity contribution in [2.24, 2.45) is 0 Å². The van der Waals surface area contributed by atoms with Crippen molar-refractivity contribution in [2.75, 3.05) is 17.6 Å². The number of carbonyl (C=O) groups is 1. The highest BCUT2D eigenvalue weighted by atomic mass is 16.1. The van der Waals surface area contributed by atoms with Crippen molar-refractivity contribution in [3.05, 3.63) is 11.4 Å². The molecule has 6 heteroatoms. The molecule has 0 saturated carbocycles. The molecule has 1 fully saturated rings. The summed E-state index contributed by atoms with van der Waals surface area (Å²) in [6.45, 7) is 4.32. The maximum absolute atomic E-state index is 11.1. The van der Waals surface area contributed by atoms with Crippen LogP contribution < -0.4 is 16.4 Å². The van der Waals surface area contributed by atoms with Crippen molar-refractivity contribution >= 4 is 17.5 Å². The summed E-state index contributed by atoms with van der Waals surface area (Å²) in [4.78, 5) is 19.5. The van der Waals surface area contributed by atoms with E-state index >= 15 is 0 Å². The lowest BCUT2D eigenvalue weighted by molar-refractivity contribution is -0.122. The summed E-state index contributed by atoms with van der Waals surface area (Å²) in [6.07, 6.45) is 1.37. The number of amides is 1. The molecule has 2 heterocycles. The predicted octanol–water partition coefficient (Wildman–Crippen LogP) is 0.366. The minimum Gasteiger partial charge on any atom is -0.383 e. The normalized spacial score (nSPS) is 19.9. The molecule has 4 N–H and O–H groups in total. The van der Waals surface area contributed by atoms with Gasteiger partial charge < -0.3 is 16.4 Å². The summed E-state index contributed by atoms with van der Waals surface area (Å²) >= 11 is 0. The maximum atomic E-state index is 11.1. The first kappa shape index (κ1) is 11.6. The molecular formula is C11H17N5O. The third kappa shape index (κ3) is 2.64. The van der Waals surface area contributed by atoms with Gasteiger partial charge in [-0.05, 0) is 20.3 Å².